The van der Waals surface area contributed by atoms with Gasteiger partial charge >= 0.3 is 12.2 Å². The summed E-state index contributed by atoms with van der Waals surface area (Å²) in [7, 11) is 2.99. The normalized spacial score (nSPS) is 17.7. The molecule has 35 heavy (non-hydrogen) atoms. The van der Waals surface area contributed by atoms with Crippen molar-refractivity contribution in [1.82, 2.24) is 29.5 Å². The molecule has 6 rings (SSSR count). The molecule has 5 aromatic rings. The number of aromatic nitrogens is 6. The van der Waals surface area contributed by atoms with Crippen LogP contribution < -0.4 is 9.47 Å². The Labute approximate surface area is 200 Å². The van der Waals surface area contributed by atoms with Crippen LogP contribution in [0.2, 0.25) is 0 Å². The van der Waals surface area contributed by atoms with Gasteiger partial charge < -0.3 is 9.47 Å². The van der Waals surface area contributed by atoms with Crippen molar-refractivity contribution in [2.24, 2.45) is 0 Å². The molecule has 0 amide bonds. The number of hydrogen-bond acceptors (Lipinski definition) is 8. The molecular weight excluding hydrogens is 481 g/mol. The maximum absolute atomic E-state index is 13.1. The van der Waals surface area contributed by atoms with Crippen LogP contribution in [0.3, 0.4) is 0 Å². The average molecular weight is 498 g/mol. The molecule has 12 heteroatoms. The van der Waals surface area contributed by atoms with Gasteiger partial charge in [-0.15, -0.1) is 11.3 Å². The Morgan fingerprint density at radius 3 is 2.69 bits per heavy atom. The quantitative estimate of drug-likeness (QED) is 0.333. The second kappa shape index (κ2) is 7.87. The van der Waals surface area contributed by atoms with Gasteiger partial charge in [-0.2, -0.15) is 23.3 Å². The number of methoxy groups -OCH3 is 2. The van der Waals surface area contributed by atoms with Crippen LogP contribution in [0.1, 0.15) is 34.4 Å². The number of alkyl halides is 3. The van der Waals surface area contributed by atoms with Crippen molar-refractivity contribution in [3.63, 3.8) is 0 Å². The molecular formula is C23H17F3N6O2S. The summed E-state index contributed by atoms with van der Waals surface area (Å²) >= 11 is 0.671. The fraction of sp³-hybridized carbons (Fsp3) is 0.261. The predicted molar refractivity (Wildman–Crippen MR) is 122 cm³/mol. The minimum Gasteiger partial charge on any atom is -0.480 e. The van der Waals surface area contributed by atoms with Crippen LogP contribution >= 0.6 is 11.3 Å². The van der Waals surface area contributed by atoms with E-state index in [1.165, 1.54) is 14.2 Å². The van der Waals surface area contributed by atoms with Crippen molar-refractivity contribution in [2.45, 2.75) is 24.4 Å². The molecule has 1 unspecified atom stereocenters. The second-order valence-corrected chi connectivity index (χ2v) is 9.18. The van der Waals surface area contributed by atoms with Gasteiger partial charge in [-0.1, -0.05) is 6.07 Å². The van der Waals surface area contributed by atoms with Crippen molar-refractivity contribution in [2.75, 3.05) is 14.2 Å². The van der Waals surface area contributed by atoms with Gasteiger partial charge in [-0.3, -0.25) is 0 Å². The highest BCUT2D eigenvalue weighted by Crippen LogP contribution is 2.56. The molecule has 2 atom stereocenters. The monoisotopic (exact) mass is 498 g/mol. The molecule has 1 aliphatic carbocycles. The Morgan fingerprint density at radius 2 is 1.91 bits per heavy atom. The Kier molecular flexibility index (Phi) is 4.88. The molecule has 178 valence electrons. The average Bonchev–Trinajstić information content (AvgIpc) is 3.28. The molecule has 0 spiro atoms. The zero-order valence-electron chi connectivity index (χ0n) is 18.4. The van der Waals surface area contributed by atoms with Crippen molar-refractivity contribution in [3.05, 3.63) is 59.0 Å². The number of ether oxygens (including phenoxy) is 2. The first-order valence-electron chi connectivity index (χ1n) is 10.6. The van der Waals surface area contributed by atoms with E-state index in [1.807, 2.05) is 18.2 Å². The molecule has 8 nitrogen and oxygen atoms in total. The lowest BCUT2D eigenvalue weighted by Gasteiger charge is -2.10. The van der Waals surface area contributed by atoms with Crippen LogP contribution in [-0.2, 0) is 6.18 Å². The summed E-state index contributed by atoms with van der Waals surface area (Å²) in [4.78, 5) is 16.6. The number of halogens is 3. The Bertz CT molecular complexity index is 1580. The summed E-state index contributed by atoms with van der Waals surface area (Å²) in [6, 6.07) is 7.47. The fourth-order valence-electron chi connectivity index (χ4n) is 4.33. The number of thiazole rings is 1. The minimum atomic E-state index is -4.45. The number of rotatable bonds is 5. The smallest absolute Gasteiger partial charge is 0.443 e. The highest BCUT2D eigenvalue weighted by molar-refractivity contribution is 7.18. The lowest BCUT2D eigenvalue weighted by atomic mass is 10.0. The standard InChI is InChI=1S/C23H17F3N6O2S/c1-33-20-15(10-28-22(30-20)34-2)17-9-14(19-27-5-6-32(19)31-17)13-8-12(13)11-3-4-16-18(7-11)35-21(29-16)23(24,25)26/h3-7,9-10,12-13H,8H2,1-2H3/t12-,13?/m1/s1. The lowest BCUT2D eigenvalue weighted by Crippen LogP contribution is -2.03. The van der Waals surface area contributed by atoms with Gasteiger partial charge in [0.1, 0.15) is 0 Å². The Morgan fingerprint density at radius 1 is 1.06 bits per heavy atom. The fourth-order valence-corrected chi connectivity index (χ4v) is 5.21. The van der Waals surface area contributed by atoms with Crippen LogP contribution in [0, 0.1) is 0 Å². The largest absolute Gasteiger partial charge is 0.480 e. The lowest BCUT2D eigenvalue weighted by molar-refractivity contribution is -0.137. The van der Waals surface area contributed by atoms with E-state index in [0.717, 1.165) is 23.2 Å². The third-order valence-electron chi connectivity index (χ3n) is 6.04. The highest BCUT2D eigenvalue weighted by Gasteiger charge is 2.42. The third-order valence-corrected chi connectivity index (χ3v) is 7.11. The third kappa shape index (κ3) is 3.73. The Balaban J connectivity index is 1.38. The number of hydrogen-bond donors (Lipinski definition) is 0. The number of nitrogens with zero attached hydrogens (tertiary/aromatic N) is 6. The first kappa shape index (κ1) is 21.7. The van der Waals surface area contributed by atoms with Gasteiger partial charge in [0.15, 0.2) is 10.7 Å². The summed E-state index contributed by atoms with van der Waals surface area (Å²) in [6.45, 7) is 0. The molecule has 4 heterocycles. The maximum Gasteiger partial charge on any atom is 0.443 e. The molecule has 0 N–H and O–H groups in total. The van der Waals surface area contributed by atoms with Crippen LogP contribution in [0.15, 0.2) is 42.9 Å². The molecule has 1 fully saturated rings. The van der Waals surface area contributed by atoms with E-state index in [4.69, 9.17) is 9.47 Å². The highest BCUT2D eigenvalue weighted by atomic mass is 32.1. The summed E-state index contributed by atoms with van der Waals surface area (Å²) in [5, 5.41) is 3.82. The molecule has 0 aliphatic heterocycles. The van der Waals surface area contributed by atoms with Gasteiger partial charge in [0, 0.05) is 24.2 Å². The van der Waals surface area contributed by atoms with Gasteiger partial charge in [-0.25, -0.2) is 19.5 Å². The summed E-state index contributed by atoms with van der Waals surface area (Å²) in [5.74, 6) is 0.623. The molecule has 1 saturated carbocycles. The van der Waals surface area contributed by atoms with Crippen LogP contribution in [0.25, 0.3) is 27.1 Å². The first-order chi connectivity index (χ1) is 16.9. The van der Waals surface area contributed by atoms with E-state index < -0.39 is 11.2 Å². The van der Waals surface area contributed by atoms with E-state index in [0.29, 0.717) is 38.7 Å². The van der Waals surface area contributed by atoms with Crippen molar-refractivity contribution in [3.8, 4) is 23.1 Å². The summed E-state index contributed by atoms with van der Waals surface area (Å²) in [6.07, 6.45) is 1.44. The van der Waals surface area contributed by atoms with Gasteiger partial charge in [-0.05, 0) is 42.0 Å². The van der Waals surface area contributed by atoms with E-state index in [9.17, 15) is 13.2 Å². The molecule has 0 bridgehead atoms. The van der Waals surface area contributed by atoms with Crippen molar-refractivity contribution >= 4 is 27.2 Å². The Hall–Kier alpha value is -3.80. The van der Waals surface area contributed by atoms with E-state index in [2.05, 4.69) is 25.0 Å². The van der Waals surface area contributed by atoms with Gasteiger partial charge in [0.05, 0.1) is 35.7 Å². The molecule has 4 aromatic heterocycles. The van der Waals surface area contributed by atoms with E-state index in [-0.39, 0.29) is 17.8 Å². The van der Waals surface area contributed by atoms with Gasteiger partial charge in [0.2, 0.25) is 5.88 Å². The molecule has 0 saturated heterocycles. The molecule has 0 radical (unpaired) electrons. The maximum atomic E-state index is 13.1. The van der Waals surface area contributed by atoms with E-state index >= 15 is 0 Å². The minimum absolute atomic E-state index is 0.138. The zero-order chi connectivity index (χ0) is 24.3. The van der Waals surface area contributed by atoms with Crippen LogP contribution in [0.4, 0.5) is 13.2 Å². The summed E-state index contributed by atoms with van der Waals surface area (Å²) in [5.41, 5.74) is 4.28. The SMILES string of the molecule is COc1ncc(-c2cc(C3C[C@@H]3c3ccc4nc(C(F)(F)F)sc4c3)c3nccn3n2)c(OC)n1. The van der Waals surface area contributed by atoms with Crippen LogP contribution in [0.5, 0.6) is 11.9 Å². The zero-order valence-corrected chi connectivity index (χ0v) is 19.3. The van der Waals surface area contributed by atoms with Gasteiger partial charge in [0.25, 0.3) is 0 Å². The first-order valence-corrected chi connectivity index (χ1v) is 11.4. The van der Waals surface area contributed by atoms with Crippen molar-refractivity contribution in [1.29, 1.82) is 0 Å². The van der Waals surface area contributed by atoms with Crippen molar-refractivity contribution < 1.29 is 22.6 Å². The number of fused-ring (bicyclic) bond motifs is 2. The van der Waals surface area contributed by atoms with Crippen LogP contribution in [-0.4, -0.2) is 43.8 Å². The second-order valence-electron chi connectivity index (χ2n) is 8.15. The predicted octanol–water partition coefficient (Wildman–Crippen LogP) is 5.10. The van der Waals surface area contributed by atoms with E-state index in [1.54, 1.807) is 29.2 Å². The topological polar surface area (TPSA) is 87.3 Å². The summed E-state index contributed by atoms with van der Waals surface area (Å²) < 4.78 is 52.0. The molecule has 1 aliphatic rings. The number of imidazole rings is 1. The number of benzene rings is 1. The molecule has 1 aromatic carbocycles.